The first kappa shape index (κ1) is 15.8. The second-order valence-electron chi connectivity index (χ2n) is 6.24. The largest absolute Gasteiger partial charge is 0.478 e. The highest BCUT2D eigenvalue weighted by molar-refractivity contribution is 5.88. The standard InChI is InChI=1S/C16H25N3O2/c1-11(2)14-9-12(16(20)21)10-15(17-14)19(4)13-5-7-18(3)8-6-13/h9-11,13H,5-8H2,1-4H3,(H,20,21). The Morgan fingerprint density at radius 2 is 2.00 bits per heavy atom. The Hall–Kier alpha value is -1.62. The van der Waals surface area contributed by atoms with Gasteiger partial charge in [-0.15, -0.1) is 0 Å². The summed E-state index contributed by atoms with van der Waals surface area (Å²) in [6.45, 7) is 6.22. The van der Waals surface area contributed by atoms with Crippen molar-refractivity contribution in [3.8, 4) is 0 Å². The zero-order valence-electron chi connectivity index (χ0n) is 13.3. The first-order valence-electron chi connectivity index (χ1n) is 7.55. The van der Waals surface area contributed by atoms with Crippen molar-refractivity contribution < 1.29 is 9.90 Å². The summed E-state index contributed by atoms with van der Waals surface area (Å²) in [4.78, 5) is 20.4. The molecule has 2 heterocycles. The zero-order valence-corrected chi connectivity index (χ0v) is 13.3. The fourth-order valence-corrected chi connectivity index (χ4v) is 2.71. The van der Waals surface area contributed by atoms with Gasteiger partial charge in [-0.3, -0.25) is 0 Å². The van der Waals surface area contributed by atoms with E-state index in [-0.39, 0.29) is 5.92 Å². The molecule has 1 aliphatic heterocycles. The lowest BCUT2D eigenvalue weighted by Crippen LogP contribution is -2.42. The molecule has 2 rings (SSSR count). The Morgan fingerprint density at radius 1 is 1.38 bits per heavy atom. The number of rotatable bonds is 4. The van der Waals surface area contributed by atoms with E-state index in [9.17, 15) is 9.90 Å². The van der Waals surface area contributed by atoms with Crippen molar-refractivity contribution in [2.45, 2.75) is 38.6 Å². The first-order chi connectivity index (χ1) is 9.88. The summed E-state index contributed by atoms with van der Waals surface area (Å²) in [5.74, 6) is 0.0967. The molecule has 0 spiro atoms. The van der Waals surface area contributed by atoms with Crippen molar-refractivity contribution in [1.29, 1.82) is 0 Å². The Balaban J connectivity index is 2.27. The molecule has 0 radical (unpaired) electrons. The Morgan fingerprint density at radius 3 is 2.52 bits per heavy atom. The van der Waals surface area contributed by atoms with Gasteiger partial charge in [0.1, 0.15) is 5.82 Å². The minimum atomic E-state index is -0.891. The van der Waals surface area contributed by atoms with Crippen LogP contribution < -0.4 is 4.90 Å². The summed E-state index contributed by atoms with van der Waals surface area (Å²) >= 11 is 0. The van der Waals surface area contributed by atoms with Gasteiger partial charge in [0.15, 0.2) is 0 Å². The van der Waals surface area contributed by atoms with E-state index in [4.69, 9.17) is 0 Å². The van der Waals surface area contributed by atoms with Gasteiger partial charge < -0.3 is 14.9 Å². The molecule has 0 aromatic carbocycles. The topological polar surface area (TPSA) is 56.7 Å². The maximum absolute atomic E-state index is 11.3. The number of nitrogens with zero attached hydrogens (tertiary/aromatic N) is 3. The second-order valence-corrected chi connectivity index (χ2v) is 6.24. The lowest BCUT2D eigenvalue weighted by Gasteiger charge is -2.36. The number of hydrogen-bond acceptors (Lipinski definition) is 4. The number of aromatic carboxylic acids is 1. The van der Waals surface area contributed by atoms with Crippen molar-refractivity contribution >= 4 is 11.8 Å². The number of carboxylic acid groups (broad SMARTS) is 1. The van der Waals surface area contributed by atoms with Gasteiger partial charge in [-0.2, -0.15) is 0 Å². The van der Waals surface area contributed by atoms with Crippen LogP contribution in [-0.2, 0) is 0 Å². The number of pyridine rings is 1. The molecule has 1 aromatic heterocycles. The van der Waals surface area contributed by atoms with Gasteiger partial charge in [-0.25, -0.2) is 9.78 Å². The summed E-state index contributed by atoms with van der Waals surface area (Å²) in [7, 11) is 4.16. The molecular formula is C16H25N3O2. The maximum atomic E-state index is 11.3. The van der Waals surface area contributed by atoms with Gasteiger partial charge in [-0.05, 0) is 51.0 Å². The molecule has 0 amide bonds. The van der Waals surface area contributed by atoms with E-state index in [1.165, 1.54) is 0 Å². The Labute approximate surface area is 126 Å². The minimum Gasteiger partial charge on any atom is -0.478 e. The molecule has 1 saturated heterocycles. The highest BCUT2D eigenvalue weighted by Gasteiger charge is 2.23. The quantitative estimate of drug-likeness (QED) is 0.923. The third-order valence-corrected chi connectivity index (χ3v) is 4.27. The molecule has 0 bridgehead atoms. The molecule has 1 fully saturated rings. The van der Waals surface area contributed by atoms with E-state index >= 15 is 0 Å². The minimum absolute atomic E-state index is 0.217. The van der Waals surface area contributed by atoms with Gasteiger partial charge >= 0.3 is 5.97 Å². The van der Waals surface area contributed by atoms with E-state index in [1.807, 2.05) is 20.9 Å². The summed E-state index contributed by atoms with van der Waals surface area (Å²) in [6.07, 6.45) is 2.17. The molecule has 5 heteroatoms. The Kier molecular flexibility index (Phi) is 4.83. The van der Waals surface area contributed by atoms with E-state index in [1.54, 1.807) is 12.1 Å². The first-order valence-corrected chi connectivity index (χ1v) is 7.55. The van der Waals surface area contributed by atoms with Crippen LogP contribution >= 0.6 is 0 Å². The molecule has 1 aromatic rings. The van der Waals surface area contributed by atoms with Crippen LogP contribution in [0.15, 0.2) is 12.1 Å². The van der Waals surface area contributed by atoms with E-state index in [0.29, 0.717) is 11.6 Å². The van der Waals surface area contributed by atoms with Crippen LogP contribution in [0.2, 0.25) is 0 Å². The van der Waals surface area contributed by atoms with E-state index in [0.717, 1.165) is 37.4 Å². The molecule has 116 valence electrons. The van der Waals surface area contributed by atoms with Crippen LogP contribution in [0, 0.1) is 0 Å². The molecule has 1 aliphatic rings. The number of likely N-dealkylation sites (tertiary alicyclic amines) is 1. The summed E-state index contributed by atoms with van der Waals surface area (Å²) in [6, 6.07) is 3.80. The number of anilines is 1. The molecule has 0 atom stereocenters. The summed E-state index contributed by atoms with van der Waals surface area (Å²) in [5, 5.41) is 9.29. The second kappa shape index (κ2) is 6.43. The molecule has 0 unspecified atom stereocenters. The third kappa shape index (κ3) is 3.73. The van der Waals surface area contributed by atoms with Crippen molar-refractivity contribution in [1.82, 2.24) is 9.88 Å². The summed E-state index contributed by atoms with van der Waals surface area (Å²) in [5.41, 5.74) is 1.16. The lowest BCUT2D eigenvalue weighted by molar-refractivity contribution is 0.0696. The average Bonchev–Trinajstić information content (AvgIpc) is 2.46. The molecular weight excluding hydrogens is 266 g/mol. The molecule has 5 nitrogen and oxygen atoms in total. The molecule has 1 N–H and O–H groups in total. The number of carbonyl (C=O) groups is 1. The van der Waals surface area contributed by atoms with E-state index < -0.39 is 5.97 Å². The number of carboxylic acids is 1. The number of hydrogen-bond donors (Lipinski definition) is 1. The predicted octanol–water partition coefficient (Wildman–Crippen LogP) is 2.43. The van der Waals surface area contributed by atoms with Crippen molar-refractivity contribution in [2.75, 3.05) is 32.1 Å². The van der Waals surface area contributed by atoms with Crippen molar-refractivity contribution in [3.63, 3.8) is 0 Å². The van der Waals surface area contributed by atoms with Crippen LogP contribution in [0.4, 0.5) is 5.82 Å². The van der Waals surface area contributed by atoms with Gasteiger partial charge in [0.2, 0.25) is 0 Å². The normalized spacial score (nSPS) is 17.2. The van der Waals surface area contributed by atoms with Gasteiger partial charge in [-0.1, -0.05) is 13.8 Å². The van der Waals surface area contributed by atoms with Crippen molar-refractivity contribution in [2.24, 2.45) is 0 Å². The van der Waals surface area contributed by atoms with Crippen LogP contribution in [0.1, 0.15) is 48.7 Å². The SMILES string of the molecule is CC(C)c1cc(C(=O)O)cc(N(C)C2CCN(C)CC2)n1. The average molecular weight is 291 g/mol. The van der Waals surface area contributed by atoms with Gasteiger partial charge in [0.25, 0.3) is 0 Å². The van der Waals surface area contributed by atoms with Crippen LogP contribution in [0.5, 0.6) is 0 Å². The van der Waals surface area contributed by atoms with Gasteiger partial charge in [0.05, 0.1) is 5.56 Å². The van der Waals surface area contributed by atoms with Gasteiger partial charge in [0, 0.05) is 18.8 Å². The Bertz CT molecular complexity index is 508. The smallest absolute Gasteiger partial charge is 0.335 e. The van der Waals surface area contributed by atoms with Crippen molar-refractivity contribution in [3.05, 3.63) is 23.4 Å². The molecule has 0 saturated carbocycles. The monoisotopic (exact) mass is 291 g/mol. The third-order valence-electron chi connectivity index (χ3n) is 4.27. The maximum Gasteiger partial charge on any atom is 0.335 e. The van der Waals surface area contributed by atoms with E-state index in [2.05, 4.69) is 21.8 Å². The fourth-order valence-electron chi connectivity index (χ4n) is 2.71. The molecule has 0 aliphatic carbocycles. The highest BCUT2D eigenvalue weighted by Crippen LogP contribution is 2.24. The number of piperidine rings is 1. The predicted molar refractivity (Wildman–Crippen MR) is 84.2 cm³/mol. The number of aromatic nitrogens is 1. The molecule has 21 heavy (non-hydrogen) atoms. The highest BCUT2D eigenvalue weighted by atomic mass is 16.4. The van der Waals surface area contributed by atoms with Crippen LogP contribution in [-0.4, -0.2) is 54.2 Å². The summed E-state index contributed by atoms with van der Waals surface area (Å²) < 4.78 is 0. The van der Waals surface area contributed by atoms with Crippen LogP contribution in [0.3, 0.4) is 0 Å². The zero-order chi connectivity index (χ0) is 15.6. The fraction of sp³-hybridized carbons (Fsp3) is 0.625. The van der Waals surface area contributed by atoms with Crippen LogP contribution in [0.25, 0.3) is 0 Å². The lowest BCUT2D eigenvalue weighted by atomic mass is 10.0.